The van der Waals surface area contributed by atoms with Gasteiger partial charge in [-0.25, -0.2) is 0 Å². The molecule has 152 valence electrons. The topological polar surface area (TPSA) is 110 Å². The number of aromatic hydroxyl groups is 1. The summed E-state index contributed by atoms with van der Waals surface area (Å²) in [5.41, 5.74) is -0.914. The van der Waals surface area contributed by atoms with E-state index in [1.165, 1.54) is 11.6 Å². The van der Waals surface area contributed by atoms with Gasteiger partial charge in [-0.15, -0.1) is 23.4 Å². The molecule has 11 heteroatoms. The number of aromatic nitrogens is 3. The third-order valence-electron chi connectivity index (χ3n) is 4.57. The van der Waals surface area contributed by atoms with Gasteiger partial charge in [0, 0.05) is 18.7 Å². The van der Waals surface area contributed by atoms with E-state index in [4.69, 9.17) is 0 Å². The van der Waals surface area contributed by atoms with Crippen molar-refractivity contribution >= 4 is 5.95 Å². The fraction of sp³-hybridized carbons (Fsp3) is 0.471. The number of aliphatic hydroxyl groups excluding tert-OH is 1. The summed E-state index contributed by atoms with van der Waals surface area (Å²) < 4.78 is 41.7. The first-order valence-corrected chi connectivity index (χ1v) is 8.63. The van der Waals surface area contributed by atoms with Crippen molar-refractivity contribution in [3.8, 4) is 22.8 Å². The third kappa shape index (κ3) is 4.35. The smallest absolute Gasteiger partial charge is 0.507 e. The highest BCUT2D eigenvalue weighted by molar-refractivity contribution is 5.67. The molecule has 1 aliphatic carbocycles. The number of ether oxygens (including phenoxy) is 1. The molecule has 0 aliphatic heterocycles. The van der Waals surface area contributed by atoms with Gasteiger partial charge in [0.25, 0.3) is 5.56 Å². The number of aliphatic hydroxyl groups is 1. The summed E-state index contributed by atoms with van der Waals surface area (Å²) in [6.07, 6.45) is -2.22. The van der Waals surface area contributed by atoms with Gasteiger partial charge in [0.2, 0.25) is 5.95 Å². The number of nitrogens with one attached hydrogen (secondary N) is 1. The average Bonchev–Trinajstić information content (AvgIpc) is 2.60. The number of hydrogen-bond acceptors (Lipinski definition) is 7. The Hall–Kier alpha value is -2.82. The number of halogens is 3. The minimum Gasteiger partial charge on any atom is -0.507 e. The number of rotatable bonds is 4. The molecule has 0 bridgehead atoms. The minimum absolute atomic E-state index is 0.0770. The second kappa shape index (κ2) is 7.66. The van der Waals surface area contributed by atoms with Crippen molar-refractivity contribution in [3.63, 3.8) is 0 Å². The lowest BCUT2D eigenvalue weighted by molar-refractivity contribution is -0.274. The second-order valence-electron chi connectivity index (χ2n) is 6.57. The van der Waals surface area contributed by atoms with E-state index in [0.29, 0.717) is 6.42 Å². The van der Waals surface area contributed by atoms with Gasteiger partial charge >= 0.3 is 6.36 Å². The number of phenolic OH excluding ortho intramolecular Hbond substituents is 1. The molecule has 0 saturated heterocycles. The number of alkyl halides is 3. The van der Waals surface area contributed by atoms with Crippen LogP contribution in [0.3, 0.4) is 0 Å². The molecule has 0 unspecified atom stereocenters. The molecule has 28 heavy (non-hydrogen) atoms. The maximum atomic E-state index is 12.6. The number of hydrogen-bond donors (Lipinski definition) is 3. The molecular formula is C17H19F3N4O4. The molecule has 0 radical (unpaired) electrons. The Morgan fingerprint density at radius 1 is 1.25 bits per heavy atom. The molecule has 2 aromatic rings. The molecule has 0 spiro atoms. The lowest BCUT2D eigenvalue weighted by Gasteiger charge is -2.28. The first-order chi connectivity index (χ1) is 13.2. The van der Waals surface area contributed by atoms with Gasteiger partial charge in [0.15, 0.2) is 5.69 Å². The normalized spacial score (nSPS) is 20.0. The van der Waals surface area contributed by atoms with E-state index < -0.39 is 29.5 Å². The number of nitrogens with zero attached hydrogens (tertiary/aromatic N) is 3. The Morgan fingerprint density at radius 2 is 1.96 bits per heavy atom. The Labute approximate surface area is 157 Å². The fourth-order valence-electron chi connectivity index (χ4n) is 3.11. The van der Waals surface area contributed by atoms with Crippen LogP contribution >= 0.6 is 0 Å². The minimum atomic E-state index is -4.90. The Kier molecular flexibility index (Phi) is 5.45. The molecule has 1 aromatic heterocycles. The summed E-state index contributed by atoms with van der Waals surface area (Å²) in [6, 6.07) is 2.55. The predicted octanol–water partition coefficient (Wildman–Crippen LogP) is 2.16. The van der Waals surface area contributed by atoms with Gasteiger partial charge in [-0.05, 0) is 25.0 Å². The van der Waals surface area contributed by atoms with E-state index in [2.05, 4.69) is 20.3 Å². The standard InChI is InChI=1S/C17H19F3N4O4/c1-24-15(27)14(10-7-6-9(8-13(10)26)28-17(18,19)20)22-23-16(24)21-11-4-2-3-5-12(11)25/h6-8,11-12,25-26H,2-5H2,1H3,(H,21,23)/t11-,12-/m1/s1. The van der Waals surface area contributed by atoms with Gasteiger partial charge in [-0.2, -0.15) is 0 Å². The third-order valence-corrected chi connectivity index (χ3v) is 4.57. The summed E-state index contributed by atoms with van der Waals surface area (Å²) in [5.74, 6) is -1.07. The Balaban J connectivity index is 1.87. The van der Waals surface area contributed by atoms with Crippen molar-refractivity contribution in [1.29, 1.82) is 0 Å². The molecule has 0 amide bonds. The summed E-state index contributed by atoms with van der Waals surface area (Å²) in [6.45, 7) is 0. The summed E-state index contributed by atoms with van der Waals surface area (Å²) in [5, 5.41) is 30.8. The van der Waals surface area contributed by atoms with Crippen LogP contribution in [0.25, 0.3) is 11.3 Å². The molecule has 3 N–H and O–H groups in total. The van der Waals surface area contributed by atoms with Crippen molar-refractivity contribution in [2.24, 2.45) is 7.05 Å². The van der Waals surface area contributed by atoms with E-state index in [0.717, 1.165) is 37.5 Å². The number of anilines is 1. The van der Waals surface area contributed by atoms with Crippen LogP contribution in [0, 0.1) is 0 Å². The van der Waals surface area contributed by atoms with Crippen LogP contribution in [-0.4, -0.2) is 43.5 Å². The molecule has 1 heterocycles. The van der Waals surface area contributed by atoms with E-state index >= 15 is 0 Å². The first kappa shape index (κ1) is 19.9. The predicted molar refractivity (Wildman–Crippen MR) is 92.9 cm³/mol. The van der Waals surface area contributed by atoms with Crippen LogP contribution in [0.5, 0.6) is 11.5 Å². The van der Waals surface area contributed by atoms with E-state index in [1.54, 1.807) is 0 Å². The second-order valence-corrected chi connectivity index (χ2v) is 6.57. The van der Waals surface area contributed by atoms with Gasteiger partial charge in [-0.1, -0.05) is 12.8 Å². The first-order valence-electron chi connectivity index (χ1n) is 8.63. The van der Waals surface area contributed by atoms with Crippen molar-refractivity contribution < 1.29 is 28.1 Å². The van der Waals surface area contributed by atoms with Crippen molar-refractivity contribution in [1.82, 2.24) is 14.8 Å². The van der Waals surface area contributed by atoms with E-state index in [-0.39, 0.29) is 23.2 Å². The highest BCUT2D eigenvalue weighted by atomic mass is 19.4. The van der Waals surface area contributed by atoms with Crippen LogP contribution in [0.2, 0.25) is 0 Å². The molecule has 1 saturated carbocycles. The zero-order valence-corrected chi connectivity index (χ0v) is 14.9. The largest absolute Gasteiger partial charge is 0.573 e. The summed E-state index contributed by atoms with van der Waals surface area (Å²) >= 11 is 0. The van der Waals surface area contributed by atoms with Crippen molar-refractivity contribution in [3.05, 3.63) is 28.6 Å². The molecule has 3 rings (SSSR count). The molecular weight excluding hydrogens is 381 g/mol. The van der Waals surface area contributed by atoms with Crippen LogP contribution in [0.1, 0.15) is 25.7 Å². The number of phenols is 1. The van der Waals surface area contributed by atoms with Crippen LogP contribution in [0.4, 0.5) is 19.1 Å². The molecule has 1 aromatic carbocycles. The lowest BCUT2D eigenvalue weighted by Crippen LogP contribution is -2.38. The molecule has 8 nitrogen and oxygen atoms in total. The molecule has 1 fully saturated rings. The Morgan fingerprint density at radius 3 is 2.61 bits per heavy atom. The molecule has 1 aliphatic rings. The van der Waals surface area contributed by atoms with Crippen LogP contribution < -0.4 is 15.6 Å². The molecule has 2 atom stereocenters. The average molecular weight is 400 g/mol. The highest BCUT2D eigenvalue weighted by Gasteiger charge is 2.31. The highest BCUT2D eigenvalue weighted by Crippen LogP contribution is 2.32. The SMILES string of the molecule is Cn1c(N[C@@H]2CCCC[C@H]2O)nnc(-c2ccc(OC(F)(F)F)cc2O)c1=O. The van der Waals surface area contributed by atoms with Gasteiger partial charge in [0.1, 0.15) is 11.5 Å². The van der Waals surface area contributed by atoms with Crippen LogP contribution in [-0.2, 0) is 7.05 Å². The van der Waals surface area contributed by atoms with Crippen molar-refractivity contribution in [2.45, 2.75) is 44.2 Å². The Bertz CT molecular complexity index is 916. The fourth-order valence-corrected chi connectivity index (χ4v) is 3.11. The maximum Gasteiger partial charge on any atom is 0.573 e. The van der Waals surface area contributed by atoms with E-state index in [1.807, 2.05) is 0 Å². The van der Waals surface area contributed by atoms with Gasteiger partial charge < -0.3 is 20.3 Å². The van der Waals surface area contributed by atoms with Gasteiger partial charge in [-0.3, -0.25) is 9.36 Å². The van der Waals surface area contributed by atoms with Crippen LogP contribution in [0.15, 0.2) is 23.0 Å². The summed E-state index contributed by atoms with van der Waals surface area (Å²) in [4.78, 5) is 12.6. The quantitative estimate of drug-likeness (QED) is 0.722. The monoisotopic (exact) mass is 400 g/mol. The zero-order valence-electron chi connectivity index (χ0n) is 14.9. The van der Waals surface area contributed by atoms with Crippen molar-refractivity contribution in [2.75, 3.05) is 5.32 Å². The summed E-state index contributed by atoms with van der Waals surface area (Å²) in [7, 11) is 1.44. The lowest BCUT2D eigenvalue weighted by atomic mass is 9.93. The zero-order chi connectivity index (χ0) is 20.5. The maximum absolute atomic E-state index is 12.6. The van der Waals surface area contributed by atoms with Gasteiger partial charge in [0.05, 0.1) is 12.1 Å². The van der Waals surface area contributed by atoms with E-state index in [9.17, 15) is 28.2 Å². The number of benzene rings is 1.